The summed E-state index contributed by atoms with van der Waals surface area (Å²) in [5.41, 5.74) is 7.42. The number of rotatable bonds is 4. The second-order valence-corrected chi connectivity index (χ2v) is 5.55. The number of hydrogen-bond donors (Lipinski definition) is 3. The summed E-state index contributed by atoms with van der Waals surface area (Å²) in [5, 5.41) is 11.6. The normalized spacial score (nSPS) is 19.3. The zero-order valence-electron chi connectivity index (χ0n) is 12.1. The standard InChI is InChI=1S/C15H21N3O3/c1-10(8-14(19)20)11-2-4-13(5-3-11)17-15(21)18-7-6-12(16)9-18/h2-5,10,12H,6-9,16H2,1H3,(H,17,21)(H,19,20). The molecule has 1 fully saturated rings. The van der Waals surface area contributed by atoms with E-state index in [0.717, 1.165) is 12.0 Å². The highest BCUT2D eigenvalue weighted by Gasteiger charge is 2.23. The van der Waals surface area contributed by atoms with E-state index in [4.69, 9.17) is 10.8 Å². The number of benzene rings is 1. The van der Waals surface area contributed by atoms with Gasteiger partial charge in [0.25, 0.3) is 0 Å². The van der Waals surface area contributed by atoms with Crippen molar-refractivity contribution in [1.29, 1.82) is 0 Å². The Kier molecular flexibility index (Phi) is 4.80. The van der Waals surface area contributed by atoms with E-state index in [1.54, 1.807) is 17.0 Å². The fourth-order valence-corrected chi connectivity index (χ4v) is 2.45. The van der Waals surface area contributed by atoms with E-state index in [0.29, 0.717) is 18.8 Å². The molecule has 0 aromatic heterocycles. The minimum atomic E-state index is -0.815. The number of carboxylic acid groups (broad SMARTS) is 1. The first kappa shape index (κ1) is 15.3. The zero-order valence-corrected chi connectivity index (χ0v) is 12.1. The number of anilines is 1. The summed E-state index contributed by atoms with van der Waals surface area (Å²) in [6.45, 7) is 3.13. The van der Waals surface area contributed by atoms with E-state index in [9.17, 15) is 9.59 Å². The zero-order chi connectivity index (χ0) is 15.4. The Balaban J connectivity index is 1.93. The quantitative estimate of drug-likeness (QED) is 0.788. The first-order chi connectivity index (χ1) is 9.95. The van der Waals surface area contributed by atoms with Gasteiger partial charge in [0.2, 0.25) is 0 Å². The van der Waals surface area contributed by atoms with Crippen LogP contribution >= 0.6 is 0 Å². The molecule has 1 heterocycles. The van der Waals surface area contributed by atoms with Crippen LogP contribution in [0.5, 0.6) is 0 Å². The van der Waals surface area contributed by atoms with Gasteiger partial charge in [-0.25, -0.2) is 4.79 Å². The van der Waals surface area contributed by atoms with Gasteiger partial charge in [0.05, 0.1) is 6.42 Å². The van der Waals surface area contributed by atoms with Crippen molar-refractivity contribution in [3.8, 4) is 0 Å². The molecule has 6 nitrogen and oxygen atoms in total. The lowest BCUT2D eigenvalue weighted by Crippen LogP contribution is -2.35. The Bertz CT molecular complexity index is 515. The topological polar surface area (TPSA) is 95.7 Å². The molecule has 0 spiro atoms. The summed E-state index contributed by atoms with van der Waals surface area (Å²) in [7, 11) is 0. The van der Waals surface area contributed by atoms with Gasteiger partial charge in [0, 0.05) is 24.8 Å². The third-order valence-electron chi connectivity index (χ3n) is 3.72. The third kappa shape index (κ3) is 4.19. The largest absolute Gasteiger partial charge is 0.481 e. The molecule has 0 radical (unpaired) electrons. The highest BCUT2D eigenvalue weighted by molar-refractivity contribution is 5.89. The van der Waals surface area contributed by atoms with E-state index in [-0.39, 0.29) is 24.4 Å². The highest BCUT2D eigenvalue weighted by Crippen LogP contribution is 2.21. The maximum Gasteiger partial charge on any atom is 0.321 e. The van der Waals surface area contributed by atoms with Gasteiger partial charge >= 0.3 is 12.0 Å². The number of nitrogens with one attached hydrogen (secondary N) is 1. The van der Waals surface area contributed by atoms with Gasteiger partial charge in [-0.2, -0.15) is 0 Å². The van der Waals surface area contributed by atoms with E-state index < -0.39 is 5.97 Å². The van der Waals surface area contributed by atoms with Gasteiger partial charge in [-0.15, -0.1) is 0 Å². The molecule has 0 bridgehead atoms. The molecule has 1 aliphatic heterocycles. The van der Waals surface area contributed by atoms with Crippen LogP contribution in [-0.2, 0) is 4.79 Å². The van der Waals surface area contributed by atoms with E-state index in [2.05, 4.69) is 5.32 Å². The fourth-order valence-electron chi connectivity index (χ4n) is 2.45. The van der Waals surface area contributed by atoms with Gasteiger partial charge in [-0.1, -0.05) is 19.1 Å². The van der Waals surface area contributed by atoms with Crippen LogP contribution in [0, 0.1) is 0 Å². The van der Waals surface area contributed by atoms with Crippen LogP contribution in [-0.4, -0.2) is 41.1 Å². The van der Waals surface area contributed by atoms with Crippen molar-refractivity contribution in [2.24, 2.45) is 5.73 Å². The van der Waals surface area contributed by atoms with Gasteiger partial charge < -0.3 is 21.1 Å². The Hall–Kier alpha value is -2.08. The third-order valence-corrected chi connectivity index (χ3v) is 3.72. The first-order valence-electron chi connectivity index (χ1n) is 7.09. The minimum absolute atomic E-state index is 0.0520. The molecule has 2 unspecified atom stereocenters. The van der Waals surface area contributed by atoms with Gasteiger partial charge in [0.1, 0.15) is 0 Å². The number of carbonyl (C=O) groups is 2. The lowest BCUT2D eigenvalue weighted by atomic mass is 9.98. The molecule has 1 aromatic carbocycles. The molecule has 114 valence electrons. The molecule has 21 heavy (non-hydrogen) atoms. The van der Waals surface area contributed by atoms with Crippen molar-refractivity contribution in [3.05, 3.63) is 29.8 Å². The van der Waals surface area contributed by atoms with Crippen molar-refractivity contribution in [3.63, 3.8) is 0 Å². The van der Waals surface area contributed by atoms with E-state index in [1.807, 2.05) is 19.1 Å². The molecular formula is C15H21N3O3. The number of carbonyl (C=O) groups excluding carboxylic acids is 1. The SMILES string of the molecule is CC(CC(=O)O)c1ccc(NC(=O)N2CCC(N)C2)cc1. The van der Waals surface area contributed by atoms with Crippen LogP contribution in [0.15, 0.2) is 24.3 Å². The number of nitrogens with two attached hydrogens (primary N) is 1. The lowest BCUT2D eigenvalue weighted by molar-refractivity contribution is -0.137. The fraction of sp³-hybridized carbons (Fsp3) is 0.467. The monoisotopic (exact) mass is 291 g/mol. The number of carboxylic acids is 1. The Labute approximate surface area is 123 Å². The van der Waals surface area contributed by atoms with Gasteiger partial charge in [-0.05, 0) is 30.0 Å². The minimum Gasteiger partial charge on any atom is -0.481 e. The van der Waals surface area contributed by atoms with Crippen LogP contribution in [0.3, 0.4) is 0 Å². The molecule has 0 saturated carbocycles. The summed E-state index contributed by atoms with van der Waals surface area (Å²) in [6.07, 6.45) is 0.927. The Morgan fingerprint density at radius 3 is 2.62 bits per heavy atom. The second kappa shape index (κ2) is 6.58. The Morgan fingerprint density at radius 2 is 2.10 bits per heavy atom. The van der Waals surface area contributed by atoms with E-state index >= 15 is 0 Å². The predicted octanol–water partition coefficient (Wildman–Crippen LogP) is 1.83. The van der Waals surface area contributed by atoms with Crippen molar-refractivity contribution in [2.45, 2.75) is 31.7 Å². The lowest BCUT2D eigenvalue weighted by Gasteiger charge is -2.17. The van der Waals surface area contributed by atoms with Crippen molar-refractivity contribution in [2.75, 3.05) is 18.4 Å². The summed E-state index contributed by atoms with van der Waals surface area (Å²) in [6, 6.07) is 7.20. The molecule has 1 aliphatic rings. The van der Waals surface area contributed by atoms with Crippen molar-refractivity contribution in [1.82, 2.24) is 4.90 Å². The molecule has 1 saturated heterocycles. The van der Waals surface area contributed by atoms with Crippen LogP contribution in [0.1, 0.15) is 31.2 Å². The number of urea groups is 1. The van der Waals surface area contributed by atoms with Crippen LogP contribution in [0.4, 0.5) is 10.5 Å². The number of amides is 2. The van der Waals surface area contributed by atoms with Gasteiger partial charge in [-0.3, -0.25) is 4.79 Å². The summed E-state index contributed by atoms with van der Waals surface area (Å²) >= 11 is 0. The maximum atomic E-state index is 12.0. The molecule has 2 atom stereocenters. The molecule has 2 rings (SSSR count). The first-order valence-corrected chi connectivity index (χ1v) is 7.09. The van der Waals surface area contributed by atoms with Crippen LogP contribution in [0.2, 0.25) is 0 Å². The number of nitrogens with zero attached hydrogens (tertiary/aromatic N) is 1. The average Bonchev–Trinajstić information content (AvgIpc) is 2.85. The maximum absolute atomic E-state index is 12.0. The van der Waals surface area contributed by atoms with Crippen molar-refractivity contribution >= 4 is 17.7 Å². The Morgan fingerprint density at radius 1 is 1.43 bits per heavy atom. The molecular weight excluding hydrogens is 270 g/mol. The smallest absolute Gasteiger partial charge is 0.321 e. The van der Waals surface area contributed by atoms with E-state index in [1.165, 1.54) is 0 Å². The van der Waals surface area contributed by atoms with Crippen LogP contribution in [0.25, 0.3) is 0 Å². The van der Waals surface area contributed by atoms with Crippen LogP contribution < -0.4 is 11.1 Å². The molecule has 6 heteroatoms. The number of aliphatic carboxylic acids is 1. The molecule has 0 aliphatic carbocycles. The molecule has 2 amide bonds. The number of likely N-dealkylation sites (tertiary alicyclic amines) is 1. The highest BCUT2D eigenvalue weighted by atomic mass is 16.4. The summed E-state index contributed by atoms with van der Waals surface area (Å²) in [5.74, 6) is -0.867. The molecule has 1 aromatic rings. The summed E-state index contributed by atoms with van der Waals surface area (Å²) < 4.78 is 0. The van der Waals surface area contributed by atoms with Crippen molar-refractivity contribution < 1.29 is 14.7 Å². The van der Waals surface area contributed by atoms with Gasteiger partial charge in [0.15, 0.2) is 0 Å². The summed E-state index contributed by atoms with van der Waals surface area (Å²) in [4.78, 5) is 24.4. The number of hydrogen-bond acceptors (Lipinski definition) is 3. The molecule has 4 N–H and O–H groups in total. The average molecular weight is 291 g/mol. The predicted molar refractivity (Wildman–Crippen MR) is 80.3 cm³/mol. The second-order valence-electron chi connectivity index (χ2n) is 5.55.